The van der Waals surface area contributed by atoms with E-state index in [4.69, 9.17) is 4.74 Å². The van der Waals surface area contributed by atoms with E-state index in [1.165, 1.54) is 0 Å². The van der Waals surface area contributed by atoms with E-state index < -0.39 is 17.0 Å². The molecule has 0 atom stereocenters. The first-order chi connectivity index (χ1) is 9.51. The highest BCUT2D eigenvalue weighted by Crippen LogP contribution is 2.19. The lowest BCUT2D eigenvalue weighted by atomic mass is 9.93. The van der Waals surface area contributed by atoms with Crippen molar-refractivity contribution >= 4 is 12.1 Å². The van der Waals surface area contributed by atoms with Crippen LogP contribution in [0.1, 0.15) is 41.0 Å². The predicted molar refractivity (Wildman–Crippen MR) is 80.3 cm³/mol. The molecular formula is C15H28N2O4. The van der Waals surface area contributed by atoms with Gasteiger partial charge in [0.05, 0.1) is 5.41 Å². The number of ether oxygens (including phenoxy) is 1. The van der Waals surface area contributed by atoms with Crippen molar-refractivity contribution in [3.8, 4) is 0 Å². The zero-order valence-corrected chi connectivity index (χ0v) is 13.8. The number of aliphatic carboxylic acids is 1. The van der Waals surface area contributed by atoms with Crippen LogP contribution in [0.2, 0.25) is 0 Å². The Labute approximate surface area is 127 Å². The molecule has 1 saturated heterocycles. The lowest BCUT2D eigenvalue weighted by Crippen LogP contribution is -2.42. The van der Waals surface area contributed by atoms with E-state index >= 15 is 0 Å². The minimum Gasteiger partial charge on any atom is -0.481 e. The van der Waals surface area contributed by atoms with Gasteiger partial charge in [0.1, 0.15) is 5.60 Å². The van der Waals surface area contributed by atoms with E-state index in [0.29, 0.717) is 26.2 Å². The fraction of sp³-hybridized carbons (Fsp3) is 0.867. The second-order valence-corrected chi connectivity index (χ2v) is 7.29. The fourth-order valence-corrected chi connectivity index (χ4v) is 2.26. The van der Waals surface area contributed by atoms with Crippen LogP contribution >= 0.6 is 0 Å². The molecule has 0 aromatic rings. The number of carbonyl (C=O) groups is 2. The maximum atomic E-state index is 12.1. The van der Waals surface area contributed by atoms with Crippen molar-refractivity contribution in [3.63, 3.8) is 0 Å². The third-order valence-electron chi connectivity index (χ3n) is 3.44. The van der Waals surface area contributed by atoms with Gasteiger partial charge in [-0.15, -0.1) is 0 Å². The molecule has 1 rings (SSSR count). The average molecular weight is 300 g/mol. The summed E-state index contributed by atoms with van der Waals surface area (Å²) in [5.74, 6) is -0.796. The number of rotatable bonds is 3. The van der Waals surface area contributed by atoms with Gasteiger partial charge in [0, 0.05) is 26.2 Å². The van der Waals surface area contributed by atoms with Crippen LogP contribution < -0.4 is 0 Å². The van der Waals surface area contributed by atoms with Crippen LogP contribution in [0.4, 0.5) is 4.79 Å². The predicted octanol–water partition coefficient (Wildman–Crippen LogP) is 2.04. The van der Waals surface area contributed by atoms with Gasteiger partial charge in [-0.1, -0.05) is 0 Å². The summed E-state index contributed by atoms with van der Waals surface area (Å²) >= 11 is 0. The van der Waals surface area contributed by atoms with Gasteiger partial charge in [-0.25, -0.2) is 4.79 Å². The molecule has 6 nitrogen and oxygen atoms in total. The smallest absolute Gasteiger partial charge is 0.410 e. The number of nitrogens with zero attached hydrogens (tertiary/aromatic N) is 2. The van der Waals surface area contributed by atoms with Crippen molar-refractivity contribution in [2.45, 2.75) is 46.6 Å². The topological polar surface area (TPSA) is 70.1 Å². The molecule has 0 saturated carbocycles. The Balaban J connectivity index is 2.54. The van der Waals surface area contributed by atoms with E-state index in [-0.39, 0.29) is 6.09 Å². The second-order valence-electron chi connectivity index (χ2n) is 7.29. The highest BCUT2D eigenvalue weighted by molar-refractivity contribution is 5.73. The molecule has 0 bridgehead atoms. The summed E-state index contributed by atoms with van der Waals surface area (Å²) in [6.45, 7) is 12.2. The summed E-state index contributed by atoms with van der Waals surface area (Å²) in [6, 6.07) is 0. The zero-order valence-electron chi connectivity index (χ0n) is 13.8. The van der Waals surface area contributed by atoms with Gasteiger partial charge in [-0.2, -0.15) is 0 Å². The number of amides is 1. The number of carbonyl (C=O) groups excluding carboxylic acids is 1. The average Bonchev–Trinajstić information content (AvgIpc) is 2.51. The van der Waals surface area contributed by atoms with Crippen LogP contribution in [0.5, 0.6) is 0 Å². The molecule has 1 aliphatic heterocycles. The molecular weight excluding hydrogens is 272 g/mol. The fourth-order valence-electron chi connectivity index (χ4n) is 2.26. The van der Waals surface area contributed by atoms with Crippen molar-refractivity contribution in [3.05, 3.63) is 0 Å². The number of hydrogen-bond acceptors (Lipinski definition) is 4. The molecule has 0 aromatic heterocycles. The first-order valence-electron chi connectivity index (χ1n) is 7.45. The van der Waals surface area contributed by atoms with Crippen molar-refractivity contribution in [1.29, 1.82) is 0 Å². The molecule has 21 heavy (non-hydrogen) atoms. The van der Waals surface area contributed by atoms with E-state index in [9.17, 15) is 14.7 Å². The monoisotopic (exact) mass is 300 g/mol. The number of carboxylic acid groups (broad SMARTS) is 1. The van der Waals surface area contributed by atoms with Crippen molar-refractivity contribution in [1.82, 2.24) is 9.80 Å². The van der Waals surface area contributed by atoms with Crippen molar-refractivity contribution in [2.75, 3.05) is 32.7 Å². The van der Waals surface area contributed by atoms with E-state index in [0.717, 1.165) is 13.0 Å². The first-order valence-corrected chi connectivity index (χ1v) is 7.45. The zero-order chi connectivity index (χ0) is 16.3. The second kappa shape index (κ2) is 6.64. The lowest BCUT2D eigenvalue weighted by molar-refractivity contribution is -0.148. The molecule has 1 amide bonds. The number of carboxylic acids is 1. The number of hydrogen-bond donors (Lipinski definition) is 1. The molecule has 0 spiro atoms. The summed E-state index contributed by atoms with van der Waals surface area (Å²) < 4.78 is 5.38. The van der Waals surface area contributed by atoms with Gasteiger partial charge in [-0.05, 0) is 47.6 Å². The minimum absolute atomic E-state index is 0.290. The Morgan fingerprint density at radius 2 is 1.67 bits per heavy atom. The molecule has 1 aliphatic rings. The van der Waals surface area contributed by atoms with Crippen LogP contribution in [-0.2, 0) is 9.53 Å². The molecule has 6 heteroatoms. The molecule has 1 fully saturated rings. The molecule has 1 N–H and O–H groups in total. The van der Waals surface area contributed by atoms with Crippen molar-refractivity contribution in [2.24, 2.45) is 5.41 Å². The minimum atomic E-state index is -0.796. The first kappa shape index (κ1) is 17.8. The van der Waals surface area contributed by atoms with Gasteiger partial charge in [0.15, 0.2) is 0 Å². The van der Waals surface area contributed by atoms with Crippen LogP contribution in [0.25, 0.3) is 0 Å². The van der Waals surface area contributed by atoms with Crippen LogP contribution in [0, 0.1) is 5.41 Å². The van der Waals surface area contributed by atoms with Gasteiger partial charge in [0.25, 0.3) is 0 Å². The van der Waals surface area contributed by atoms with Crippen LogP contribution in [0.15, 0.2) is 0 Å². The Bertz CT molecular complexity index is 388. The van der Waals surface area contributed by atoms with Crippen LogP contribution in [-0.4, -0.2) is 65.3 Å². The quantitative estimate of drug-likeness (QED) is 0.863. The highest BCUT2D eigenvalue weighted by Gasteiger charge is 2.31. The SMILES string of the molecule is CC(C)(C)OC(=O)N1CCCN(CC(C)(C)C(=O)O)CC1. The van der Waals surface area contributed by atoms with Gasteiger partial charge in [-0.3, -0.25) is 4.79 Å². The van der Waals surface area contributed by atoms with Gasteiger partial charge < -0.3 is 19.6 Å². The third-order valence-corrected chi connectivity index (χ3v) is 3.44. The molecule has 122 valence electrons. The third kappa shape index (κ3) is 5.91. The van der Waals surface area contributed by atoms with Crippen LogP contribution in [0.3, 0.4) is 0 Å². The maximum absolute atomic E-state index is 12.1. The Hall–Kier alpha value is -1.30. The van der Waals surface area contributed by atoms with E-state index in [1.807, 2.05) is 20.8 Å². The summed E-state index contributed by atoms with van der Waals surface area (Å²) in [5.41, 5.74) is -1.27. The summed E-state index contributed by atoms with van der Waals surface area (Å²) in [6.07, 6.45) is 0.538. The standard InChI is InChI=1S/C15H28N2O4/c1-14(2,3)21-13(20)17-8-6-7-16(9-10-17)11-15(4,5)12(18)19/h6-11H2,1-5H3,(H,18,19). The Kier molecular flexibility index (Phi) is 5.61. The molecule has 0 radical (unpaired) electrons. The van der Waals surface area contributed by atoms with E-state index in [1.54, 1.807) is 18.7 Å². The van der Waals surface area contributed by atoms with E-state index in [2.05, 4.69) is 4.90 Å². The van der Waals surface area contributed by atoms with Gasteiger partial charge >= 0.3 is 12.1 Å². The Morgan fingerprint density at radius 1 is 1.05 bits per heavy atom. The lowest BCUT2D eigenvalue weighted by Gasteiger charge is -2.29. The summed E-state index contributed by atoms with van der Waals surface area (Å²) in [7, 11) is 0. The molecule has 0 unspecified atom stereocenters. The molecule has 0 aliphatic carbocycles. The molecule has 0 aromatic carbocycles. The summed E-state index contributed by atoms with van der Waals surface area (Å²) in [5, 5.41) is 9.20. The normalized spacial score (nSPS) is 18.2. The van der Waals surface area contributed by atoms with Crippen molar-refractivity contribution < 1.29 is 19.4 Å². The maximum Gasteiger partial charge on any atom is 0.410 e. The highest BCUT2D eigenvalue weighted by atomic mass is 16.6. The van der Waals surface area contributed by atoms with Gasteiger partial charge in [0.2, 0.25) is 0 Å². The molecule has 1 heterocycles. The Morgan fingerprint density at radius 3 is 2.19 bits per heavy atom. The largest absolute Gasteiger partial charge is 0.481 e. The summed E-state index contributed by atoms with van der Waals surface area (Å²) in [4.78, 5) is 27.1.